The molecule has 4 aromatic rings. The summed E-state index contributed by atoms with van der Waals surface area (Å²) in [5.41, 5.74) is 3.49. The molecule has 0 amide bonds. The Hall–Kier alpha value is -6.01. The Labute approximate surface area is 345 Å². The number of fused-ring (bicyclic) bond motifs is 1. The fourth-order valence-corrected chi connectivity index (χ4v) is 6.85. The number of esters is 1. The number of unbranched alkanes of at least 4 members (excludes halogenated alkanes) is 1. The van der Waals surface area contributed by atoms with E-state index in [0.29, 0.717) is 18.1 Å². The predicted molar refractivity (Wildman–Crippen MR) is 201 cm³/mol. The van der Waals surface area contributed by atoms with E-state index in [-0.39, 0.29) is 50.4 Å². The van der Waals surface area contributed by atoms with E-state index in [0.717, 1.165) is 35.1 Å². The Morgan fingerprint density at radius 1 is 0.983 bits per heavy atom. The van der Waals surface area contributed by atoms with E-state index in [1.165, 1.54) is 6.92 Å². The van der Waals surface area contributed by atoms with Crippen molar-refractivity contribution in [3.63, 3.8) is 0 Å². The van der Waals surface area contributed by atoms with Crippen molar-refractivity contribution in [1.82, 2.24) is 30.2 Å². The van der Waals surface area contributed by atoms with Gasteiger partial charge in [-0.2, -0.15) is 5.21 Å². The predicted octanol–water partition coefficient (Wildman–Crippen LogP) is 3.78. The van der Waals surface area contributed by atoms with E-state index in [1.807, 2.05) is 55.5 Å². The van der Waals surface area contributed by atoms with Crippen molar-refractivity contribution in [3.8, 4) is 22.5 Å². The lowest BCUT2D eigenvalue weighted by molar-refractivity contribution is -0.790. The van der Waals surface area contributed by atoms with Crippen molar-refractivity contribution >= 4 is 23.7 Å². The van der Waals surface area contributed by atoms with Crippen LogP contribution in [0.1, 0.15) is 48.6 Å². The molecule has 2 aliphatic heterocycles. The molecule has 0 saturated carbocycles. The normalized spacial score (nSPS) is 19.2. The first-order valence-corrected chi connectivity index (χ1v) is 19.1. The summed E-state index contributed by atoms with van der Waals surface area (Å²) in [5, 5.41) is 33.1. The average Bonchev–Trinajstić information content (AvgIpc) is 4.03. The molecule has 6 rings (SSSR count). The lowest BCUT2D eigenvalue weighted by atomic mass is 9.98. The van der Waals surface area contributed by atoms with E-state index >= 15 is 0 Å². The first kappa shape index (κ1) is 43.6. The fourth-order valence-electron chi connectivity index (χ4n) is 6.57. The Balaban J connectivity index is 0.997. The van der Waals surface area contributed by atoms with Gasteiger partial charge in [0.1, 0.15) is 30.7 Å². The molecule has 322 valence electrons. The number of aromatic nitrogens is 6. The van der Waals surface area contributed by atoms with Crippen LogP contribution in [0.25, 0.3) is 22.5 Å². The zero-order chi connectivity index (χ0) is 42.6. The zero-order valence-electron chi connectivity index (χ0n) is 32.3. The van der Waals surface area contributed by atoms with Crippen molar-refractivity contribution in [2.24, 2.45) is 0 Å². The standard InChI is InChI=1S/C36H41ClN8O15/c1-3-4-9-29-38-33(37)30(43(29)16-22-10-12-23(13-11-22)25-7-5-6-8-26(25)34-39-41-42-40-34)35(46)57-21(2)58-36(47)59-28-20-55-31-27(19-54-32(28)31)53-15-14-52-17-24(60-45(50)51)18-56-44(48)49/h5-8,10-13,21,24,27-28,31-32H,3-4,9,14-20H2,1-2H3,(H,39,40,41,42)/t21?,24?,27-,28+,31?,32?/m1/s1. The zero-order valence-corrected chi connectivity index (χ0v) is 33.0. The highest BCUT2D eigenvalue weighted by Gasteiger charge is 2.50. The number of nitrogens with zero attached hydrogens (tertiary/aromatic N) is 7. The van der Waals surface area contributed by atoms with Crippen LogP contribution in [0.2, 0.25) is 5.15 Å². The second kappa shape index (κ2) is 20.8. The summed E-state index contributed by atoms with van der Waals surface area (Å²) in [7, 11) is 0. The van der Waals surface area contributed by atoms with E-state index in [9.17, 15) is 29.8 Å². The highest BCUT2D eigenvalue weighted by molar-refractivity contribution is 6.32. The minimum atomic E-state index is -1.39. The minimum Gasteiger partial charge on any atom is -0.426 e. The second-order valence-corrected chi connectivity index (χ2v) is 13.7. The van der Waals surface area contributed by atoms with Gasteiger partial charge in [-0.3, -0.25) is 0 Å². The average molecular weight is 861 g/mol. The van der Waals surface area contributed by atoms with Gasteiger partial charge < -0.3 is 47.4 Å². The summed E-state index contributed by atoms with van der Waals surface area (Å²) in [6, 6.07) is 15.5. The number of rotatable bonds is 22. The maximum atomic E-state index is 13.6. The van der Waals surface area contributed by atoms with Gasteiger partial charge >= 0.3 is 12.1 Å². The lowest BCUT2D eigenvalue weighted by Crippen LogP contribution is -2.36. The maximum Gasteiger partial charge on any atom is 0.511 e. The number of H-pyrrole nitrogens is 1. The smallest absolute Gasteiger partial charge is 0.426 e. The van der Waals surface area contributed by atoms with Crippen molar-refractivity contribution < 1.29 is 62.6 Å². The number of carbonyl (C=O) groups is 2. The summed E-state index contributed by atoms with van der Waals surface area (Å²) in [5.74, 6) is 0.194. The minimum absolute atomic E-state index is 0.00508. The van der Waals surface area contributed by atoms with Crippen molar-refractivity contribution in [1.29, 1.82) is 0 Å². The van der Waals surface area contributed by atoms with Gasteiger partial charge in [0, 0.05) is 25.5 Å². The highest BCUT2D eigenvalue weighted by atomic mass is 35.5. The third-order valence-corrected chi connectivity index (χ3v) is 9.54. The Bertz CT molecular complexity index is 2070. The van der Waals surface area contributed by atoms with Crippen LogP contribution in [0.15, 0.2) is 48.5 Å². The molecular formula is C36H41ClN8O15. The third-order valence-electron chi connectivity index (χ3n) is 9.28. The van der Waals surface area contributed by atoms with Gasteiger partial charge in [-0.05, 0) is 28.3 Å². The van der Waals surface area contributed by atoms with Crippen LogP contribution in [-0.2, 0) is 55.8 Å². The molecule has 4 unspecified atom stereocenters. The second-order valence-electron chi connectivity index (χ2n) is 13.4. The molecule has 2 fully saturated rings. The summed E-state index contributed by atoms with van der Waals surface area (Å²) >= 11 is 6.54. The Kier molecular flexibility index (Phi) is 15.1. The molecular weight excluding hydrogens is 820 g/mol. The largest absolute Gasteiger partial charge is 0.511 e. The number of hydrogen-bond donors (Lipinski definition) is 1. The van der Waals surface area contributed by atoms with Gasteiger partial charge in [0.25, 0.3) is 10.2 Å². The van der Waals surface area contributed by atoms with Crippen molar-refractivity contribution in [2.45, 2.75) is 76.5 Å². The van der Waals surface area contributed by atoms with E-state index in [4.69, 9.17) is 44.8 Å². The van der Waals surface area contributed by atoms with Crippen LogP contribution >= 0.6 is 11.6 Å². The molecule has 0 spiro atoms. The van der Waals surface area contributed by atoms with Crippen LogP contribution in [0.4, 0.5) is 4.79 Å². The SMILES string of the molecule is CCCCc1nc(Cl)c(C(=O)OC(C)OC(=O)O[C@H]2COC3C2OC[C@H]3OCCOCC(CO[N+](=O)[O-])O[N+](=O)[O-])n1Cc1ccc(-c2ccccc2-c2nn[nH]n2)cc1. The van der Waals surface area contributed by atoms with Crippen molar-refractivity contribution in [3.05, 3.63) is 91.0 Å². The van der Waals surface area contributed by atoms with Gasteiger partial charge in [0.2, 0.25) is 12.1 Å². The van der Waals surface area contributed by atoms with E-state index in [2.05, 4.69) is 35.3 Å². The first-order chi connectivity index (χ1) is 29.0. The molecule has 0 aliphatic carbocycles. The molecule has 0 radical (unpaired) electrons. The molecule has 0 bridgehead atoms. The third kappa shape index (κ3) is 11.4. The lowest BCUT2D eigenvalue weighted by Gasteiger charge is -2.19. The van der Waals surface area contributed by atoms with Gasteiger partial charge in [0.15, 0.2) is 23.1 Å². The molecule has 24 heteroatoms. The number of aryl methyl sites for hydroxylation is 1. The molecule has 2 aromatic carbocycles. The van der Waals surface area contributed by atoms with E-state index in [1.54, 1.807) is 4.57 Å². The monoisotopic (exact) mass is 860 g/mol. The van der Waals surface area contributed by atoms with Crippen LogP contribution in [0.3, 0.4) is 0 Å². The topological polar surface area (TPSA) is 276 Å². The van der Waals surface area contributed by atoms with Crippen molar-refractivity contribution in [2.75, 3.05) is 39.6 Å². The highest BCUT2D eigenvalue weighted by Crippen LogP contribution is 2.32. The number of carbonyl (C=O) groups excluding carboxylic acids is 2. The first-order valence-electron chi connectivity index (χ1n) is 18.8. The van der Waals surface area contributed by atoms with Crippen LogP contribution < -0.4 is 0 Å². The van der Waals surface area contributed by atoms with Gasteiger partial charge in [-0.25, -0.2) is 14.6 Å². The fraction of sp³-hybridized carbons (Fsp3) is 0.500. The maximum absolute atomic E-state index is 13.6. The number of benzene rings is 2. The molecule has 6 atom stereocenters. The van der Waals surface area contributed by atoms with Crippen LogP contribution in [0, 0.1) is 20.2 Å². The quantitative estimate of drug-likeness (QED) is 0.0387. The summed E-state index contributed by atoms with van der Waals surface area (Å²) in [4.78, 5) is 60.3. The van der Waals surface area contributed by atoms with Gasteiger partial charge in [0.05, 0.1) is 33.0 Å². The summed E-state index contributed by atoms with van der Waals surface area (Å²) < 4.78 is 40.5. The molecule has 23 nitrogen and oxygen atoms in total. The van der Waals surface area contributed by atoms with Crippen LogP contribution in [-0.4, -0.2) is 129 Å². The summed E-state index contributed by atoms with van der Waals surface area (Å²) in [6.45, 7) is 2.57. The van der Waals surface area contributed by atoms with E-state index < -0.39 is 65.7 Å². The molecule has 2 saturated heterocycles. The molecule has 60 heavy (non-hydrogen) atoms. The number of tetrazole rings is 1. The number of halogens is 1. The number of ether oxygens (including phenoxy) is 7. The Morgan fingerprint density at radius 2 is 1.72 bits per heavy atom. The number of imidazole rings is 1. The van der Waals surface area contributed by atoms with Crippen LogP contribution in [0.5, 0.6) is 0 Å². The molecule has 2 aromatic heterocycles. The van der Waals surface area contributed by atoms with Gasteiger partial charge in [-0.1, -0.05) is 73.5 Å². The number of nitrogens with one attached hydrogen (secondary N) is 1. The number of aromatic amines is 1. The van der Waals surface area contributed by atoms with Gasteiger partial charge in [-0.15, -0.1) is 30.4 Å². The molecule has 1 N–H and O–H groups in total. The summed E-state index contributed by atoms with van der Waals surface area (Å²) in [6.07, 6.45) is -4.35. The molecule has 4 heterocycles. The molecule has 2 aliphatic rings. The number of hydrogen-bond acceptors (Lipinski definition) is 19. The Morgan fingerprint density at radius 3 is 2.42 bits per heavy atom.